The molecule has 3 aromatic rings. The van der Waals surface area contributed by atoms with Crippen molar-refractivity contribution in [1.82, 2.24) is 10.2 Å². The van der Waals surface area contributed by atoms with Gasteiger partial charge in [-0.05, 0) is 42.2 Å². The Kier molecular flexibility index (Phi) is 7.35. The average molecular weight is 415 g/mol. The molecule has 31 heavy (non-hydrogen) atoms. The third-order valence-electron chi connectivity index (χ3n) is 5.77. The third kappa shape index (κ3) is 6.43. The molecule has 0 aromatic heterocycles. The fourth-order valence-corrected chi connectivity index (χ4v) is 4.00. The summed E-state index contributed by atoms with van der Waals surface area (Å²) in [5.74, 6) is 0.719. The Labute approximate surface area is 184 Å². The number of piperidine rings is 1. The molecule has 0 spiro atoms. The van der Waals surface area contributed by atoms with Gasteiger partial charge in [0.1, 0.15) is 5.75 Å². The molecule has 0 radical (unpaired) electrons. The molecule has 1 aliphatic rings. The van der Waals surface area contributed by atoms with E-state index in [2.05, 4.69) is 52.7 Å². The summed E-state index contributed by atoms with van der Waals surface area (Å²) < 4.78 is 5.87. The van der Waals surface area contributed by atoms with Crippen molar-refractivity contribution in [1.29, 1.82) is 0 Å². The maximum absolute atomic E-state index is 12.8. The molecule has 0 bridgehead atoms. The van der Waals surface area contributed by atoms with Crippen LogP contribution < -0.4 is 10.1 Å². The van der Waals surface area contributed by atoms with Crippen molar-refractivity contribution in [3.05, 3.63) is 102 Å². The lowest BCUT2D eigenvalue weighted by Gasteiger charge is -2.32. The standard InChI is InChI=1S/C27H30N2O2/c30-27(28-25-14-17-29(18-15-25)21-23-10-5-2-6-11-23)24-12-7-13-26(20-24)31-19-16-22-8-3-1-4-9-22/h1-13,20,25H,14-19,21H2,(H,28,30). The van der Waals surface area contributed by atoms with Crippen LogP contribution in [0.4, 0.5) is 0 Å². The molecule has 0 saturated carbocycles. The number of carbonyl (C=O) groups is 1. The summed E-state index contributed by atoms with van der Waals surface area (Å²) in [6, 6.07) is 28.5. The predicted molar refractivity (Wildman–Crippen MR) is 124 cm³/mol. The molecule has 1 fully saturated rings. The quantitative estimate of drug-likeness (QED) is 0.581. The molecule has 1 heterocycles. The van der Waals surface area contributed by atoms with E-state index in [-0.39, 0.29) is 11.9 Å². The van der Waals surface area contributed by atoms with Crippen LogP contribution in [0.15, 0.2) is 84.9 Å². The summed E-state index contributed by atoms with van der Waals surface area (Å²) in [7, 11) is 0. The molecule has 0 unspecified atom stereocenters. The van der Waals surface area contributed by atoms with Crippen molar-refractivity contribution in [3.8, 4) is 5.75 Å². The van der Waals surface area contributed by atoms with E-state index in [9.17, 15) is 4.79 Å². The summed E-state index contributed by atoms with van der Waals surface area (Å²) in [5, 5.41) is 3.21. The van der Waals surface area contributed by atoms with Crippen LogP contribution in [0.25, 0.3) is 0 Å². The highest BCUT2D eigenvalue weighted by molar-refractivity contribution is 5.94. The van der Waals surface area contributed by atoms with Crippen LogP contribution in [0, 0.1) is 0 Å². The van der Waals surface area contributed by atoms with Crippen molar-refractivity contribution in [2.24, 2.45) is 0 Å². The zero-order valence-corrected chi connectivity index (χ0v) is 17.9. The van der Waals surface area contributed by atoms with E-state index in [4.69, 9.17) is 4.74 Å². The van der Waals surface area contributed by atoms with Crippen LogP contribution in [0.3, 0.4) is 0 Å². The predicted octanol–water partition coefficient (Wildman–Crippen LogP) is 4.70. The Hall–Kier alpha value is -3.11. The van der Waals surface area contributed by atoms with Crippen LogP contribution in [0.1, 0.15) is 34.3 Å². The minimum atomic E-state index is -0.0185. The topological polar surface area (TPSA) is 41.6 Å². The number of nitrogens with zero attached hydrogens (tertiary/aromatic N) is 1. The van der Waals surface area contributed by atoms with Gasteiger partial charge in [0.2, 0.25) is 0 Å². The van der Waals surface area contributed by atoms with E-state index >= 15 is 0 Å². The van der Waals surface area contributed by atoms with E-state index < -0.39 is 0 Å². The van der Waals surface area contributed by atoms with Gasteiger partial charge in [-0.3, -0.25) is 9.69 Å². The first-order valence-electron chi connectivity index (χ1n) is 11.1. The minimum Gasteiger partial charge on any atom is -0.493 e. The first-order chi connectivity index (χ1) is 15.3. The lowest BCUT2D eigenvalue weighted by atomic mass is 10.0. The number of ether oxygens (including phenoxy) is 1. The van der Waals surface area contributed by atoms with Crippen molar-refractivity contribution >= 4 is 5.91 Å². The van der Waals surface area contributed by atoms with Crippen molar-refractivity contribution in [2.45, 2.75) is 31.8 Å². The second kappa shape index (κ2) is 10.8. The van der Waals surface area contributed by atoms with Gasteiger partial charge in [-0.25, -0.2) is 0 Å². The molecule has 1 N–H and O–H groups in total. The van der Waals surface area contributed by atoms with Crippen LogP contribution >= 0.6 is 0 Å². The second-order valence-electron chi connectivity index (χ2n) is 8.12. The third-order valence-corrected chi connectivity index (χ3v) is 5.77. The smallest absolute Gasteiger partial charge is 0.251 e. The highest BCUT2D eigenvalue weighted by Gasteiger charge is 2.21. The molecular formula is C27H30N2O2. The number of nitrogens with one attached hydrogen (secondary N) is 1. The van der Waals surface area contributed by atoms with Gasteiger partial charge in [0.15, 0.2) is 0 Å². The maximum atomic E-state index is 12.8. The largest absolute Gasteiger partial charge is 0.493 e. The molecule has 0 aliphatic carbocycles. The first-order valence-corrected chi connectivity index (χ1v) is 11.1. The average Bonchev–Trinajstić information content (AvgIpc) is 2.82. The Morgan fingerprint density at radius 2 is 1.55 bits per heavy atom. The molecule has 160 valence electrons. The van der Waals surface area contributed by atoms with Crippen LogP contribution in [-0.2, 0) is 13.0 Å². The number of likely N-dealkylation sites (tertiary alicyclic amines) is 1. The summed E-state index contributed by atoms with van der Waals surface area (Å²) in [6.45, 7) is 3.57. The van der Waals surface area contributed by atoms with Crippen molar-refractivity contribution in [2.75, 3.05) is 19.7 Å². The molecule has 4 nitrogen and oxygen atoms in total. The Morgan fingerprint density at radius 3 is 2.26 bits per heavy atom. The number of carbonyl (C=O) groups excluding carboxylic acids is 1. The van der Waals surface area contributed by atoms with Gasteiger partial charge >= 0.3 is 0 Å². The van der Waals surface area contributed by atoms with Crippen LogP contribution in [-0.4, -0.2) is 36.5 Å². The van der Waals surface area contributed by atoms with Crippen molar-refractivity contribution in [3.63, 3.8) is 0 Å². The summed E-state index contributed by atoms with van der Waals surface area (Å²) in [4.78, 5) is 15.2. The van der Waals surface area contributed by atoms with Gasteiger partial charge < -0.3 is 10.1 Å². The monoisotopic (exact) mass is 414 g/mol. The molecule has 3 aromatic carbocycles. The maximum Gasteiger partial charge on any atom is 0.251 e. The van der Waals surface area contributed by atoms with Crippen molar-refractivity contribution < 1.29 is 9.53 Å². The molecule has 1 amide bonds. The zero-order valence-electron chi connectivity index (χ0n) is 17.9. The summed E-state index contributed by atoms with van der Waals surface area (Å²) in [5.41, 5.74) is 3.24. The molecule has 0 atom stereocenters. The zero-order chi connectivity index (χ0) is 21.3. The minimum absolute atomic E-state index is 0.0185. The van der Waals surface area contributed by atoms with Crippen LogP contribution in [0.5, 0.6) is 5.75 Å². The summed E-state index contributed by atoms with van der Waals surface area (Å²) in [6.07, 6.45) is 2.80. The molecule has 1 aliphatic heterocycles. The SMILES string of the molecule is O=C(NC1CCN(Cc2ccccc2)CC1)c1cccc(OCCc2ccccc2)c1. The van der Waals surface area contributed by atoms with E-state index in [0.29, 0.717) is 12.2 Å². The molecule has 4 rings (SSSR count). The molecule has 4 heteroatoms. The van der Waals surface area contributed by atoms with Gasteiger partial charge in [-0.2, -0.15) is 0 Å². The fraction of sp³-hybridized carbons (Fsp3) is 0.296. The van der Waals surface area contributed by atoms with Gasteiger partial charge in [-0.1, -0.05) is 66.7 Å². The highest BCUT2D eigenvalue weighted by atomic mass is 16.5. The van der Waals surface area contributed by atoms with Gasteiger partial charge in [-0.15, -0.1) is 0 Å². The normalized spacial score (nSPS) is 14.8. The Balaban J connectivity index is 1.23. The highest BCUT2D eigenvalue weighted by Crippen LogP contribution is 2.17. The number of hydrogen-bond donors (Lipinski definition) is 1. The van der Waals surface area contributed by atoms with E-state index in [0.717, 1.165) is 44.6 Å². The Bertz CT molecular complexity index is 951. The fourth-order valence-electron chi connectivity index (χ4n) is 4.00. The van der Waals surface area contributed by atoms with E-state index in [1.807, 2.05) is 42.5 Å². The Morgan fingerprint density at radius 1 is 0.871 bits per heavy atom. The second-order valence-corrected chi connectivity index (χ2v) is 8.12. The lowest BCUT2D eigenvalue weighted by molar-refractivity contribution is 0.0908. The van der Waals surface area contributed by atoms with Crippen LogP contribution in [0.2, 0.25) is 0 Å². The number of rotatable bonds is 8. The molecule has 1 saturated heterocycles. The van der Waals surface area contributed by atoms with E-state index in [1.165, 1.54) is 11.1 Å². The van der Waals surface area contributed by atoms with Gasteiger partial charge in [0, 0.05) is 37.7 Å². The lowest BCUT2D eigenvalue weighted by Crippen LogP contribution is -2.44. The number of hydrogen-bond acceptors (Lipinski definition) is 3. The number of amides is 1. The van der Waals surface area contributed by atoms with Gasteiger partial charge in [0.05, 0.1) is 6.61 Å². The summed E-state index contributed by atoms with van der Waals surface area (Å²) >= 11 is 0. The van der Waals surface area contributed by atoms with Gasteiger partial charge in [0.25, 0.3) is 5.91 Å². The van der Waals surface area contributed by atoms with E-state index in [1.54, 1.807) is 0 Å². The first kappa shape index (κ1) is 21.1. The number of benzene rings is 3. The molecular weight excluding hydrogens is 384 g/mol.